The van der Waals surface area contributed by atoms with Crippen molar-refractivity contribution in [2.24, 2.45) is 0 Å². The molecule has 1 fully saturated rings. The molecule has 1 saturated heterocycles. The van der Waals surface area contributed by atoms with E-state index in [0.717, 1.165) is 33.2 Å². The van der Waals surface area contributed by atoms with Gasteiger partial charge in [-0.05, 0) is 39.9 Å². The molecule has 3 N–H and O–H groups in total. The van der Waals surface area contributed by atoms with Crippen molar-refractivity contribution in [2.75, 3.05) is 32.1 Å². The zero-order valence-electron chi connectivity index (χ0n) is 25.2. The first kappa shape index (κ1) is 29.8. The predicted molar refractivity (Wildman–Crippen MR) is 172 cm³/mol. The maximum atomic E-state index is 14.0. The molecule has 44 heavy (non-hydrogen) atoms. The van der Waals surface area contributed by atoms with Gasteiger partial charge in [-0.2, -0.15) is 0 Å². The fourth-order valence-corrected chi connectivity index (χ4v) is 6.79. The molecule has 4 aromatic rings. The molecule has 2 aliphatic heterocycles. The Morgan fingerprint density at radius 1 is 0.909 bits per heavy atom. The molecule has 5 atom stereocenters. The number of hydrogen-bond acceptors (Lipinski definition) is 6. The van der Waals surface area contributed by atoms with Gasteiger partial charge in [0.15, 0.2) is 0 Å². The van der Waals surface area contributed by atoms with E-state index < -0.39 is 24.4 Å². The van der Waals surface area contributed by atoms with Gasteiger partial charge in [-0.1, -0.05) is 91.0 Å². The highest BCUT2D eigenvalue weighted by Crippen LogP contribution is 2.39. The van der Waals surface area contributed by atoms with Gasteiger partial charge in [-0.15, -0.1) is 0 Å². The van der Waals surface area contributed by atoms with E-state index in [4.69, 9.17) is 0 Å². The van der Waals surface area contributed by atoms with Crippen LogP contribution in [-0.2, 0) is 22.6 Å². The van der Waals surface area contributed by atoms with Gasteiger partial charge in [-0.3, -0.25) is 14.5 Å². The Balaban J connectivity index is 1.23. The number of hydrogen-bond donors (Lipinski definition) is 3. The van der Waals surface area contributed by atoms with Gasteiger partial charge in [0.1, 0.15) is 12.3 Å². The number of carbonyl (C=O) groups is 2. The number of anilines is 1. The molecule has 0 saturated carbocycles. The first-order valence-electron chi connectivity index (χ1n) is 15.3. The predicted octanol–water partition coefficient (Wildman–Crippen LogP) is 3.51. The van der Waals surface area contributed by atoms with Crippen molar-refractivity contribution in [2.45, 2.75) is 49.7 Å². The lowest BCUT2D eigenvalue weighted by Gasteiger charge is -2.33. The van der Waals surface area contributed by atoms with Crippen molar-refractivity contribution in [1.82, 2.24) is 15.1 Å². The number of nitrogens with zero attached hydrogens (tertiary/aromatic N) is 3. The van der Waals surface area contributed by atoms with E-state index in [1.807, 2.05) is 98.0 Å². The Kier molecular flexibility index (Phi) is 8.66. The maximum Gasteiger partial charge on any atom is 0.245 e. The maximum absolute atomic E-state index is 14.0. The van der Waals surface area contributed by atoms with Gasteiger partial charge in [-0.25, -0.2) is 0 Å². The van der Waals surface area contributed by atoms with E-state index in [0.29, 0.717) is 19.5 Å². The molecule has 0 radical (unpaired) electrons. The summed E-state index contributed by atoms with van der Waals surface area (Å²) in [6.07, 6.45) is -1.23. The number of amides is 2. The van der Waals surface area contributed by atoms with E-state index in [-0.39, 0.29) is 30.7 Å². The zero-order chi connectivity index (χ0) is 30.8. The van der Waals surface area contributed by atoms with Crippen LogP contribution in [0.15, 0.2) is 97.1 Å². The first-order chi connectivity index (χ1) is 21.3. The third-order valence-corrected chi connectivity index (χ3v) is 9.04. The highest BCUT2D eigenvalue weighted by atomic mass is 16.3. The molecule has 2 heterocycles. The van der Waals surface area contributed by atoms with Crippen LogP contribution in [0.25, 0.3) is 10.8 Å². The lowest BCUT2D eigenvalue weighted by molar-refractivity contribution is -0.138. The van der Waals surface area contributed by atoms with Gasteiger partial charge in [0.25, 0.3) is 0 Å². The van der Waals surface area contributed by atoms with Crippen LogP contribution in [0.1, 0.15) is 29.0 Å². The topological polar surface area (TPSA) is 96.3 Å². The van der Waals surface area contributed by atoms with Crippen molar-refractivity contribution < 1.29 is 19.8 Å². The van der Waals surface area contributed by atoms with Gasteiger partial charge in [0, 0.05) is 51.8 Å². The highest BCUT2D eigenvalue weighted by molar-refractivity contribution is 5.90. The Labute approximate surface area is 258 Å². The number of aliphatic hydroxyl groups is 2. The fourth-order valence-electron chi connectivity index (χ4n) is 6.79. The smallest absolute Gasteiger partial charge is 0.245 e. The summed E-state index contributed by atoms with van der Waals surface area (Å²) in [7, 11) is 3.74. The van der Waals surface area contributed by atoms with Crippen molar-refractivity contribution in [3.63, 3.8) is 0 Å². The van der Waals surface area contributed by atoms with E-state index in [1.54, 1.807) is 16.8 Å². The Morgan fingerprint density at radius 3 is 2.41 bits per heavy atom. The molecule has 228 valence electrons. The molecule has 0 aromatic heterocycles. The van der Waals surface area contributed by atoms with Crippen molar-refractivity contribution in [3.8, 4) is 0 Å². The van der Waals surface area contributed by atoms with Crippen molar-refractivity contribution >= 4 is 28.3 Å². The minimum atomic E-state index is -0.968. The number of β-amino-alcohol motifs (C(OH)–C–C–N with tert-alkyl or cyclic N) is 1. The van der Waals surface area contributed by atoms with Gasteiger partial charge < -0.3 is 25.3 Å². The molecule has 4 aromatic carbocycles. The summed E-state index contributed by atoms with van der Waals surface area (Å²) in [5, 5.41) is 27.5. The van der Waals surface area contributed by atoms with Crippen LogP contribution >= 0.6 is 0 Å². The minimum Gasteiger partial charge on any atom is -0.392 e. The molecular formula is C36H40N4O4. The summed E-state index contributed by atoms with van der Waals surface area (Å²) >= 11 is 0. The molecule has 0 spiro atoms. The van der Waals surface area contributed by atoms with Crippen LogP contribution in [-0.4, -0.2) is 83.4 Å². The molecule has 0 aliphatic carbocycles. The average Bonchev–Trinajstić information content (AvgIpc) is 3.60. The summed E-state index contributed by atoms with van der Waals surface area (Å²) in [6, 6.07) is 30.3. The zero-order valence-corrected chi connectivity index (χ0v) is 25.2. The van der Waals surface area contributed by atoms with E-state index in [9.17, 15) is 19.8 Å². The second-order valence-electron chi connectivity index (χ2n) is 12.2. The molecular weight excluding hydrogens is 552 g/mol. The number of carbonyl (C=O) groups excluding carboxylic acids is 2. The lowest BCUT2D eigenvalue weighted by atomic mass is 9.98. The number of rotatable bonds is 9. The van der Waals surface area contributed by atoms with Crippen LogP contribution < -0.4 is 10.2 Å². The van der Waals surface area contributed by atoms with Crippen LogP contribution in [0, 0.1) is 0 Å². The Bertz CT molecular complexity index is 1630. The largest absolute Gasteiger partial charge is 0.392 e. The molecule has 2 aliphatic rings. The van der Waals surface area contributed by atoms with Crippen LogP contribution in [0.3, 0.4) is 0 Å². The number of nitrogens with one attached hydrogen (secondary N) is 1. The van der Waals surface area contributed by atoms with Crippen molar-refractivity contribution in [1.29, 1.82) is 0 Å². The molecule has 0 bridgehead atoms. The van der Waals surface area contributed by atoms with Crippen molar-refractivity contribution in [3.05, 3.63) is 114 Å². The number of para-hydroxylation sites is 1. The Hall–Kier alpha value is -4.24. The third-order valence-electron chi connectivity index (χ3n) is 9.04. The fraction of sp³-hybridized carbons (Fsp3) is 0.333. The highest BCUT2D eigenvalue weighted by Gasteiger charge is 2.45. The second kappa shape index (κ2) is 12.8. The third kappa shape index (κ3) is 6.19. The number of fused-ring (bicyclic) bond motifs is 2. The van der Waals surface area contributed by atoms with E-state index in [2.05, 4.69) is 16.3 Å². The molecule has 3 unspecified atom stereocenters. The van der Waals surface area contributed by atoms with E-state index in [1.165, 1.54) is 0 Å². The standard InChI is InChI=1S/C36H40N4O4/c1-38-23-30(29-14-8-9-15-32(29)38)35(43)40-22-28(41)20-33(40)34(42)37-31(36(44)39(2)21-24-10-4-3-5-11-24)19-25-16-17-26-12-6-7-13-27(26)18-25/h3-18,28,30-31,33,35,41,43H,19-23H2,1-2H3,(H,37,42)/t28-,30?,31+,33?,35?/m1/s1. The van der Waals surface area contributed by atoms with Gasteiger partial charge in [0.05, 0.1) is 12.1 Å². The summed E-state index contributed by atoms with van der Waals surface area (Å²) in [6.45, 7) is 1.19. The SMILES string of the molecule is CN(Cc1ccccc1)C(=O)[C@H](Cc1ccc2ccccc2c1)NC(=O)C1C[C@@H](O)CN1C(O)C1CN(C)c2ccccc21. The number of likely N-dealkylation sites (N-methyl/N-ethyl adjacent to an activating group) is 2. The second-order valence-corrected chi connectivity index (χ2v) is 12.2. The summed E-state index contributed by atoms with van der Waals surface area (Å²) in [5.74, 6) is -0.802. The molecule has 2 amide bonds. The minimum absolute atomic E-state index is 0.179. The first-order valence-corrected chi connectivity index (χ1v) is 15.3. The van der Waals surface area contributed by atoms with E-state index >= 15 is 0 Å². The molecule has 6 rings (SSSR count). The summed E-state index contributed by atoms with van der Waals surface area (Å²) in [4.78, 5) is 33.3. The average molecular weight is 593 g/mol. The van der Waals surface area contributed by atoms with Crippen LogP contribution in [0.2, 0.25) is 0 Å². The Morgan fingerprint density at radius 2 is 1.61 bits per heavy atom. The monoisotopic (exact) mass is 592 g/mol. The number of aliphatic hydroxyl groups excluding tert-OH is 2. The van der Waals surface area contributed by atoms with Crippen LogP contribution in [0.5, 0.6) is 0 Å². The quantitative estimate of drug-likeness (QED) is 0.275. The number of benzene rings is 4. The molecule has 8 nitrogen and oxygen atoms in total. The van der Waals surface area contributed by atoms with Crippen LogP contribution in [0.4, 0.5) is 5.69 Å². The summed E-state index contributed by atoms with van der Waals surface area (Å²) < 4.78 is 0. The summed E-state index contributed by atoms with van der Waals surface area (Å²) in [5.41, 5.74) is 4.01. The normalized spacial score (nSPS) is 21.2. The van der Waals surface area contributed by atoms with Gasteiger partial charge >= 0.3 is 0 Å². The van der Waals surface area contributed by atoms with Gasteiger partial charge in [0.2, 0.25) is 11.8 Å². The lowest BCUT2D eigenvalue weighted by Crippen LogP contribution is -2.55. The number of likely N-dealkylation sites (tertiary alicyclic amines) is 1. The molecule has 8 heteroatoms.